The van der Waals surface area contributed by atoms with Gasteiger partial charge in [0.1, 0.15) is 23.6 Å². The van der Waals surface area contributed by atoms with Crippen LogP contribution in [0.3, 0.4) is 0 Å². The van der Waals surface area contributed by atoms with Gasteiger partial charge in [0, 0.05) is 31.4 Å². The van der Waals surface area contributed by atoms with Crippen LogP contribution in [0.25, 0.3) is 11.0 Å². The first-order chi connectivity index (χ1) is 20.5. The Kier molecular flexibility index (Phi) is 9.54. The maximum atomic E-state index is 15.8. The van der Waals surface area contributed by atoms with Crippen molar-refractivity contribution < 1.29 is 44.7 Å². The lowest BCUT2D eigenvalue weighted by Gasteiger charge is -2.33. The zero-order valence-electron chi connectivity index (χ0n) is 23.9. The number of aromatic amines is 1. The molecule has 2 amide bonds. The molecule has 3 atom stereocenters. The number of rotatable bonds is 11. The van der Waals surface area contributed by atoms with Gasteiger partial charge in [0.15, 0.2) is 12.0 Å². The molecule has 3 aromatic rings. The monoisotopic (exact) mass is 637 g/mol. The van der Waals surface area contributed by atoms with E-state index >= 15 is 4.39 Å². The summed E-state index contributed by atoms with van der Waals surface area (Å²) in [5.41, 5.74) is -1.43. The highest BCUT2D eigenvalue weighted by Gasteiger charge is 2.42. The predicted molar refractivity (Wildman–Crippen MR) is 141 cm³/mol. The van der Waals surface area contributed by atoms with Gasteiger partial charge < -0.3 is 15.6 Å². The van der Waals surface area contributed by atoms with Crippen LogP contribution in [0.2, 0.25) is 0 Å². The van der Waals surface area contributed by atoms with Gasteiger partial charge in [-0.05, 0) is 38.7 Å². The zero-order chi connectivity index (χ0) is 32.6. The lowest BCUT2D eigenvalue weighted by atomic mass is 9.81. The van der Waals surface area contributed by atoms with E-state index in [1.54, 1.807) is 19.2 Å². The van der Waals surface area contributed by atoms with E-state index in [0.29, 0.717) is 6.92 Å². The molecule has 2 heterocycles. The normalized spacial score (nSPS) is 18.0. The molecule has 0 saturated heterocycles. The molecule has 44 heavy (non-hydrogen) atoms. The summed E-state index contributed by atoms with van der Waals surface area (Å²) < 4.78 is 113. The first-order valence-corrected chi connectivity index (χ1v) is 13.8. The molecule has 0 spiro atoms. The van der Waals surface area contributed by atoms with Crippen LogP contribution < -0.4 is 10.6 Å². The van der Waals surface area contributed by atoms with Crippen LogP contribution in [0.4, 0.5) is 35.1 Å². The van der Waals surface area contributed by atoms with Crippen molar-refractivity contribution in [3.05, 3.63) is 41.5 Å². The Balaban J connectivity index is 1.73. The fourth-order valence-electron chi connectivity index (χ4n) is 5.22. The summed E-state index contributed by atoms with van der Waals surface area (Å²) in [7, 11) is 0. The Bertz CT molecular complexity index is 1480. The molecule has 0 aliphatic heterocycles. The Morgan fingerprint density at radius 2 is 1.82 bits per heavy atom. The van der Waals surface area contributed by atoms with Gasteiger partial charge in [0.2, 0.25) is 17.7 Å². The van der Waals surface area contributed by atoms with Crippen LogP contribution in [0.15, 0.2) is 18.5 Å². The maximum Gasteiger partial charge on any atom is 0.289 e. The summed E-state index contributed by atoms with van der Waals surface area (Å²) in [5, 5.41) is 8.39. The molecule has 1 unspecified atom stereocenters. The summed E-state index contributed by atoms with van der Waals surface area (Å²) in [6.07, 6.45) is -6.89. The predicted octanol–water partition coefficient (Wildman–Crippen LogP) is 5.63. The van der Waals surface area contributed by atoms with Crippen LogP contribution in [0, 0.1) is 11.7 Å². The third-order valence-corrected chi connectivity index (χ3v) is 7.47. The molecule has 1 aliphatic rings. The molecule has 4 rings (SSSR count). The van der Waals surface area contributed by atoms with Gasteiger partial charge in [-0.15, -0.1) is 0 Å². The fraction of sp³-hybridized carbons (Fsp3) is 0.593. The number of benzene rings is 1. The van der Waals surface area contributed by atoms with Gasteiger partial charge in [0.05, 0.1) is 18.1 Å². The van der Waals surface area contributed by atoms with Gasteiger partial charge >= 0.3 is 0 Å². The van der Waals surface area contributed by atoms with Crippen molar-refractivity contribution in [2.75, 3.05) is 6.54 Å². The molecule has 1 aliphatic carbocycles. The summed E-state index contributed by atoms with van der Waals surface area (Å²) in [6, 6.07) is 0.639. The number of imidazole rings is 1. The van der Waals surface area contributed by atoms with Gasteiger partial charge in [-0.2, -0.15) is 5.10 Å². The van der Waals surface area contributed by atoms with E-state index < -0.39 is 90.4 Å². The van der Waals surface area contributed by atoms with Gasteiger partial charge in [0.25, 0.3) is 18.3 Å². The lowest BCUT2D eigenvalue weighted by molar-refractivity contribution is -0.127. The van der Waals surface area contributed by atoms with Crippen molar-refractivity contribution in [2.45, 2.75) is 88.9 Å². The molecule has 1 saturated carbocycles. The van der Waals surface area contributed by atoms with Crippen LogP contribution >= 0.6 is 0 Å². The molecule has 17 heteroatoms. The molecule has 242 valence electrons. The number of H-pyrrole nitrogens is 1. The Labute approximate surface area is 246 Å². The average molecular weight is 638 g/mol. The number of hydrogen-bond acceptors (Lipinski definition) is 5. The topological polar surface area (TPSA) is 118 Å². The molecular weight excluding hydrogens is 606 g/mol. The second-order valence-corrected chi connectivity index (χ2v) is 11.3. The van der Waals surface area contributed by atoms with E-state index in [1.807, 2.05) is 0 Å². The number of fused-ring (bicyclic) bond motifs is 1. The van der Waals surface area contributed by atoms with E-state index in [-0.39, 0.29) is 36.0 Å². The number of hydrogen-bond donors (Lipinski definition) is 3. The van der Waals surface area contributed by atoms with Crippen molar-refractivity contribution in [2.24, 2.45) is 5.92 Å². The highest BCUT2D eigenvalue weighted by molar-refractivity contribution is 5.91. The second-order valence-electron chi connectivity index (χ2n) is 11.3. The minimum absolute atomic E-state index is 0.0399. The number of halogens is 8. The first kappa shape index (κ1) is 33.1. The summed E-state index contributed by atoms with van der Waals surface area (Å²) >= 11 is 0. The third kappa shape index (κ3) is 7.29. The summed E-state index contributed by atoms with van der Waals surface area (Å²) in [5.74, 6) is -13.3. The van der Waals surface area contributed by atoms with Crippen LogP contribution in [0.1, 0.15) is 86.5 Å². The van der Waals surface area contributed by atoms with Crippen molar-refractivity contribution in [1.29, 1.82) is 0 Å². The van der Waals surface area contributed by atoms with E-state index in [2.05, 4.69) is 25.4 Å². The Hall–Kier alpha value is -3.79. The molecule has 0 radical (unpaired) electrons. The molecule has 0 bridgehead atoms. The number of alkyl halides is 7. The number of amides is 2. The molecule has 2 aromatic heterocycles. The number of carbonyl (C=O) groups excluding carboxylic acids is 2. The van der Waals surface area contributed by atoms with Crippen LogP contribution in [-0.4, -0.2) is 67.5 Å². The van der Waals surface area contributed by atoms with Gasteiger partial charge in [-0.1, -0.05) is 6.07 Å². The van der Waals surface area contributed by atoms with E-state index in [9.17, 15) is 40.3 Å². The smallest absolute Gasteiger partial charge is 0.289 e. The van der Waals surface area contributed by atoms with E-state index in [4.69, 9.17) is 0 Å². The molecule has 3 N–H and O–H groups in total. The van der Waals surface area contributed by atoms with Crippen LogP contribution in [-0.2, 0) is 4.79 Å². The minimum atomic E-state index is -3.75. The van der Waals surface area contributed by atoms with Gasteiger partial charge in [-0.25, -0.2) is 49.8 Å². The Morgan fingerprint density at radius 1 is 1.16 bits per heavy atom. The largest absolute Gasteiger partial charge is 0.349 e. The highest BCUT2D eigenvalue weighted by Crippen LogP contribution is 2.42. The van der Waals surface area contributed by atoms with Crippen molar-refractivity contribution in [3.63, 3.8) is 0 Å². The maximum absolute atomic E-state index is 15.8. The third-order valence-electron chi connectivity index (χ3n) is 7.47. The van der Waals surface area contributed by atoms with Crippen LogP contribution in [0.5, 0.6) is 0 Å². The average Bonchev–Trinajstić information content (AvgIpc) is 3.60. The van der Waals surface area contributed by atoms with Gasteiger partial charge in [-0.3, -0.25) is 9.59 Å². The lowest BCUT2D eigenvalue weighted by Crippen LogP contribution is -2.41. The molecular formula is C27H31F8N7O2. The van der Waals surface area contributed by atoms with E-state index in [0.717, 1.165) is 18.5 Å². The first-order valence-electron chi connectivity index (χ1n) is 13.8. The van der Waals surface area contributed by atoms with E-state index in [1.165, 1.54) is 4.68 Å². The SMILES string of the molecule is CC(C)n1ncnc1C(=O)N[C@H](c1nc2c(F)c([C@@H](C(=O)NCC(C)(F)F)C(F)C(F)F)ccc2[nH]1)C1CCC(F)(F)CC1. The number of aromatic nitrogens is 5. The van der Waals surface area contributed by atoms with Crippen molar-refractivity contribution >= 4 is 22.8 Å². The Morgan fingerprint density at radius 3 is 2.41 bits per heavy atom. The minimum Gasteiger partial charge on any atom is -0.349 e. The summed E-state index contributed by atoms with van der Waals surface area (Å²) in [4.78, 5) is 36.8. The number of nitrogens with zero attached hydrogens (tertiary/aromatic N) is 4. The molecule has 9 nitrogen and oxygen atoms in total. The van der Waals surface area contributed by atoms with Crippen molar-refractivity contribution in [3.8, 4) is 0 Å². The fourth-order valence-corrected chi connectivity index (χ4v) is 5.22. The molecule has 1 aromatic carbocycles. The van der Waals surface area contributed by atoms with Crippen molar-refractivity contribution in [1.82, 2.24) is 35.4 Å². The molecule has 1 fully saturated rings. The second kappa shape index (κ2) is 12.7. The summed E-state index contributed by atoms with van der Waals surface area (Å²) in [6.45, 7) is 2.64. The standard InChI is InChI=1S/C27H31F8N7O2/c1-12(2)42-23(37-11-38-42)25(44)41-19(13-6-8-27(34,35)9-7-13)22-39-15-5-4-14(17(28)20(15)40-22)16(18(29)21(30)31)24(43)36-10-26(3,32)33/h4-5,11-13,16,18-19,21H,6-10H2,1-3H3,(H,36,43)(H,39,40)(H,41,44)/t16-,18?,19+/m1/s1. The number of nitrogens with one attached hydrogen (secondary N) is 3. The quantitative estimate of drug-likeness (QED) is 0.236. The number of carbonyl (C=O) groups is 2. The highest BCUT2D eigenvalue weighted by atomic mass is 19.3. The zero-order valence-corrected chi connectivity index (χ0v) is 23.9.